The average molecular weight is 482 g/mol. The van der Waals surface area contributed by atoms with Crippen LogP contribution >= 0.6 is 11.6 Å². The second-order valence-corrected chi connectivity index (χ2v) is 8.08. The molecule has 0 aliphatic carbocycles. The molecule has 1 saturated heterocycles. The smallest absolute Gasteiger partial charge is 0.300 e. The van der Waals surface area contributed by atoms with Crippen LogP contribution < -0.4 is 14.4 Å². The van der Waals surface area contributed by atoms with E-state index in [1.807, 2.05) is 0 Å². The molecule has 1 atom stereocenters. The van der Waals surface area contributed by atoms with Gasteiger partial charge in [-0.05, 0) is 66.6 Å². The highest BCUT2D eigenvalue weighted by molar-refractivity contribution is 6.52. The first kappa shape index (κ1) is 23.3. The van der Waals surface area contributed by atoms with Crippen molar-refractivity contribution in [3.63, 3.8) is 0 Å². The molecule has 0 radical (unpaired) electrons. The first-order valence-electron chi connectivity index (χ1n) is 10.3. The van der Waals surface area contributed by atoms with Crippen LogP contribution in [0.15, 0.2) is 66.2 Å². The third-order valence-corrected chi connectivity index (χ3v) is 6.19. The minimum atomic E-state index is -0.998. The Morgan fingerprint density at radius 1 is 1.00 bits per heavy atom. The van der Waals surface area contributed by atoms with Gasteiger partial charge in [0.25, 0.3) is 11.7 Å². The molecule has 1 fully saturated rings. The summed E-state index contributed by atoms with van der Waals surface area (Å²) in [5, 5.41) is 11.5. The quantitative estimate of drug-likeness (QED) is 0.299. The summed E-state index contributed by atoms with van der Waals surface area (Å²) >= 11 is 6.31. The van der Waals surface area contributed by atoms with E-state index in [4.69, 9.17) is 21.1 Å². The topological polar surface area (TPSA) is 76.1 Å². The first-order chi connectivity index (χ1) is 16.3. The van der Waals surface area contributed by atoms with Crippen LogP contribution in [0.3, 0.4) is 0 Å². The maximum absolute atomic E-state index is 13.5. The Hall–Kier alpha value is -3.84. The molecular weight excluding hydrogens is 461 g/mol. The van der Waals surface area contributed by atoms with E-state index in [2.05, 4.69) is 0 Å². The molecule has 1 aliphatic rings. The highest BCUT2D eigenvalue weighted by Gasteiger charge is 2.47. The third kappa shape index (κ3) is 3.88. The normalized spacial score (nSPS) is 17.2. The Labute approximate surface area is 200 Å². The van der Waals surface area contributed by atoms with Crippen molar-refractivity contribution >= 4 is 34.7 Å². The highest BCUT2D eigenvalue weighted by atomic mass is 35.5. The molecule has 0 bridgehead atoms. The fourth-order valence-corrected chi connectivity index (χ4v) is 4.21. The molecule has 1 heterocycles. The largest absolute Gasteiger partial charge is 0.507 e. The predicted molar refractivity (Wildman–Crippen MR) is 127 cm³/mol. The molecular formula is C26H21ClFNO5. The number of amides is 1. The molecule has 8 heteroatoms. The molecule has 0 saturated carbocycles. The van der Waals surface area contributed by atoms with Crippen LogP contribution in [0.2, 0.25) is 5.02 Å². The summed E-state index contributed by atoms with van der Waals surface area (Å²) in [7, 11) is 2.96. The van der Waals surface area contributed by atoms with Gasteiger partial charge < -0.3 is 14.6 Å². The van der Waals surface area contributed by atoms with E-state index in [1.54, 1.807) is 43.3 Å². The van der Waals surface area contributed by atoms with E-state index >= 15 is 0 Å². The number of ketones is 1. The van der Waals surface area contributed by atoms with E-state index in [-0.39, 0.29) is 11.1 Å². The zero-order valence-corrected chi connectivity index (χ0v) is 19.4. The molecule has 1 aliphatic heterocycles. The van der Waals surface area contributed by atoms with Gasteiger partial charge in [-0.25, -0.2) is 4.39 Å². The van der Waals surface area contributed by atoms with E-state index < -0.39 is 29.3 Å². The summed E-state index contributed by atoms with van der Waals surface area (Å²) in [6, 6.07) is 14.0. The Morgan fingerprint density at radius 3 is 2.32 bits per heavy atom. The number of aliphatic hydroxyl groups excluding tert-OH is 1. The lowest BCUT2D eigenvalue weighted by Gasteiger charge is -2.27. The third-order valence-electron chi connectivity index (χ3n) is 5.78. The van der Waals surface area contributed by atoms with Crippen molar-refractivity contribution in [2.45, 2.75) is 13.0 Å². The number of anilines is 1. The van der Waals surface area contributed by atoms with Gasteiger partial charge in [0.15, 0.2) is 11.5 Å². The summed E-state index contributed by atoms with van der Waals surface area (Å²) in [6.07, 6.45) is 0. The summed E-state index contributed by atoms with van der Waals surface area (Å²) in [6.45, 7) is 1.74. The summed E-state index contributed by atoms with van der Waals surface area (Å²) in [5.41, 5.74) is 1.58. The summed E-state index contributed by atoms with van der Waals surface area (Å²) in [4.78, 5) is 27.9. The number of nitrogens with zero attached hydrogens (tertiary/aromatic N) is 1. The maximum Gasteiger partial charge on any atom is 0.300 e. The number of hydrogen-bond acceptors (Lipinski definition) is 5. The van der Waals surface area contributed by atoms with Gasteiger partial charge >= 0.3 is 0 Å². The Kier molecular flexibility index (Phi) is 6.30. The monoisotopic (exact) mass is 481 g/mol. The SMILES string of the molecule is COc1ccc(C2/C(=C(\O)c3ccc(F)cc3)C(=O)C(=O)N2c2cccc(Cl)c2C)cc1OC. The van der Waals surface area contributed by atoms with Gasteiger partial charge in [0.2, 0.25) is 0 Å². The lowest BCUT2D eigenvalue weighted by molar-refractivity contribution is -0.132. The van der Waals surface area contributed by atoms with E-state index in [0.29, 0.717) is 33.3 Å². The number of carbonyl (C=O) groups is 2. The molecule has 0 spiro atoms. The molecule has 1 amide bonds. The number of Topliss-reactive ketones (excluding diaryl/α,β-unsaturated/α-hetero) is 1. The van der Waals surface area contributed by atoms with Crippen LogP contribution in [-0.4, -0.2) is 31.0 Å². The molecule has 34 heavy (non-hydrogen) atoms. The molecule has 0 aromatic heterocycles. The van der Waals surface area contributed by atoms with Gasteiger partial charge in [0.1, 0.15) is 11.6 Å². The number of aliphatic hydroxyl groups is 1. The second-order valence-electron chi connectivity index (χ2n) is 7.67. The standard InChI is InChI=1S/C26H21ClFNO5/c1-14-18(27)5-4-6-19(14)29-23(16-9-12-20(33-2)21(13-16)34-3)22(25(31)26(29)32)24(30)15-7-10-17(28)11-8-15/h4-13,23,30H,1-3H3/b24-22+. The molecule has 1 unspecified atom stereocenters. The van der Waals surface area contributed by atoms with Crippen molar-refractivity contribution in [3.8, 4) is 11.5 Å². The van der Waals surface area contributed by atoms with Crippen LogP contribution in [-0.2, 0) is 9.59 Å². The van der Waals surface area contributed by atoms with Crippen molar-refractivity contribution in [1.29, 1.82) is 0 Å². The number of carbonyl (C=O) groups excluding carboxylic acids is 2. The van der Waals surface area contributed by atoms with Crippen molar-refractivity contribution in [2.75, 3.05) is 19.1 Å². The molecule has 3 aromatic carbocycles. The fraction of sp³-hybridized carbons (Fsp3) is 0.154. The van der Waals surface area contributed by atoms with Crippen LogP contribution in [0.25, 0.3) is 5.76 Å². The van der Waals surface area contributed by atoms with E-state index in [0.717, 1.165) is 12.1 Å². The van der Waals surface area contributed by atoms with Gasteiger partial charge in [-0.1, -0.05) is 23.7 Å². The number of halogens is 2. The van der Waals surface area contributed by atoms with Crippen molar-refractivity contribution in [3.05, 3.63) is 93.8 Å². The zero-order chi connectivity index (χ0) is 24.6. The maximum atomic E-state index is 13.5. The highest BCUT2D eigenvalue weighted by Crippen LogP contribution is 2.45. The zero-order valence-electron chi connectivity index (χ0n) is 18.6. The van der Waals surface area contributed by atoms with Crippen molar-refractivity contribution in [1.82, 2.24) is 0 Å². The Morgan fingerprint density at radius 2 is 1.68 bits per heavy atom. The van der Waals surface area contributed by atoms with Crippen LogP contribution in [0.1, 0.15) is 22.7 Å². The predicted octanol–water partition coefficient (Wildman–Crippen LogP) is 5.43. The van der Waals surface area contributed by atoms with Crippen LogP contribution in [0, 0.1) is 12.7 Å². The average Bonchev–Trinajstić information content (AvgIpc) is 3.10. The summed E-state index contributed by atoms with van der Waals surface area (Å²) < 4.78 is 24.2. The van der Waals surface area contributed by atoms with Crippen LogP contribution in [0.4, 0.5) is 10.1 Å². The molecule has 1 N–H and O–H groups in total. The van der Waals surface area contributed by atoms with E-state index in [1.165, 1.54) is 31.3 Å². The summed E-state index contributed by atoms with van der Waals surface area (Å²) in [5.74, 6) is -1.77. The van der Waals surface area contributed by atoms with E-state index in [9.17, 15) is 19.1 Å². The van der Waals surface area contributed by atoms with Gasteiger partial charge in [0.05, 0.1) is 25.8 Å². The lowest BCUT2D eigenvalue weighted by atomic mass is 9.94. The fourth-order valence-electron chi connectivity index (χ4n) is 4.04. The van der Waals surface area contributed by atoms with Crippen molar-refractivity contribution < 1.29 is 28.6 Å². The first-order valence-corrected chi connectivity index (χ1v) is 10.7. The Bertz CT molecular complexity index is 1320. The van der Waals surface area contributed by atoms with Gasteiger partial charge in [0, 0.05) is 16.3 Å². The number of benzene rings is 3. The minimum Gasteiger partial charge on any atom is -0.507 e. The van der Waals surface area contributed by atoms with Gasteiger partial charge in [-0.3, -0.25) is 14.5 Å². The molecule has 174 valence electrons. The number of ether oxygens (including phenoxy) is 2. The lowest BCUT2D eigenvalue weighted by Crippen LogP contribution is -2.30. The molecule has 4 rings (SSSR count). The van der Waals surface area contributed by atoms with Crippen molar-refractivity contribution in [2.24, 2.45) is 0 Å². The number of hydrogen-bond donors (Lipinski definition) is 1. The number of rotatable bonds is 5. The molecule has 3 aromatic rings. The van der Waals surface area contributed by atoms with Gasteiger partial charge in [-0.15, -0.1) is 0 Å². The molecule has 6 nitrogen and oxygen atoms in total. The Balaban J connectivity index is 2.00. The van der Waals surface area contributed by atoms with Gasteiger partial charge in [-0.2, -0.15) is 0 Å². The number of methoxy groups -OCH3 is 2. The van der Waals surface area contributed by atoms with Crippen LogP contribution in [0.5, 0.6) is 11.5 Å². The minimum absolute atomic E-state index is 0.136. The second kappa shape index (κ2) is 9.19.